The van der Waals surface area contributed by atoms with Crippen LogP contribution >= 0.6 is 0 Å². The van der Waals surface area contributed by atoms with E-state index in [1.54, 1.807) is 5.43 Å². The minimum atomic E-state index is -5.38. The lowest BCUT2D eigenvalue weighted by molar-refractivity contribution is -0.292. The second-order valence-corrected chi connectivity index (χ2v) is 3.83. The van der Waals surface area contributed by atoms with Crippen LogP contribution in [0.25, 0.3) is 0 Å². The van der Waals surface area contributed by atoms with Crippen LogP contribution in [0.15, 0.2) is 12.2 Å². The highest BCUT2D eigenvalue weighted by molar-refractivity contribution is 4.93. The minimum Gasteiger partial charge on any atom is -0.271 e. The summed E-state index contributed by atoms with van der Waals surface area (Å²) >= 11 is 0. The predicted octanol–water partition coefficient (Wildman–Crippen LogP) is 2.92. The fraction of sp³-hybridized carbons (Fsp3) is 0.778. The summed E-state index contributed by atoms with van der Waals surface area (Å²) in [6.45, 7) is 4.93. The first-order chi connectivity index (χ1) is 7.50. The number of halogens is 6. The summed E-state index contributed by atoms with van der Waals surface area (Å²) in [5.74, 6) is 1.30. The Balaban J connectivity index is 4.94. The van der Waals surface area contributed by atoms with Gasteiger partial charge in [-0.05, 0) is 19.8 Å². The van der Waals surface area contributed by atoms with Gasteiger partial charge in [-0.2, -0.15) is 26.3 Å². The molecule has 102 valence electrons. The monoisotopic (exact) mass is 264 g/mol. The molecule has 2 nitrogen and oxygen atoms in total. The molecule has 1 atom stereocenters. The molecule has 3 N–H and O–H groups in total. The minimum absolute atomic E-state index is 0.0392. The highest BCUT2D eigenvalue weighted by Crippen LogP contribution is 2.42. The van der Waals surface area contributed by atoms with E-state index in [1.165, 1.54) is 6.92 Å². The van der Waals surface area contributed by atoms with Crippen molar-refractivity contribution in [2.24, 2.45) is 11.8 Å². The van der Waals surface area contributed by atoms with Crippen molar-refractivity contribution in [3.05, 3.63) is 12.2 Å². The van der Waals surface area contributed by atoms with Crippen molar-refractivity contribution >= 4 is 0 Å². The van der Waals surface area contributed by atoms with E-state index in [-0.39, 0.29) is 12.8 Å². The van der Waals surface area contributed by atoms with Crippen LogP contribution < -0.4 is 11.3 Å². The molecule has 0 spiro atoms. The molecule has 17 heavy (non-hydrogen) atoms. The van der Waals surface area contributed by atoms with Crippen LogP contribution in [0.2, 0.25) is 0 Å². The molecule has 0 aliphatic carbocycles. The van der Waals surface area contributed by atoms with E-state index >= 15 is 0 Å². The first-order valence-electron chi connectivity index (χ1n) is 4.74. The molecule has 0 aliphatic rings. The van der Waals surface area contributed by atoms with Crippen LogP contribution in [0, 0.1) is 5.92 Å². The average Bonchev–Trinajstić information content (AvgIpc) is 2.06. The zero-order chi connectivity index (χ0) is 13.9. The Morgan fingerprint density at radius 2 is 1.59 bits per heavy atom. The third-order valence-corrected chi connectivity index (χ3v) is 2.20. The molecule has 0 amide bonds. The highest BCUT2D eigenvalue weighted by atomic mass is 19.4. The van der Waals surface area contributed by atoms with Gasteiger partial charge >= 0.3 is 12.4 Å². The van der Waals surface area contributed by atoms with Crippen molar-refractivity contribution in [2.75, 3.05) is 0 Å². The number of hydrogen-bond donors (Lipinski definition) is 2. The van der Waals surface area contributed by atoms with Gasteiger partial charge in [0.2, 0.25) is 0 Å². The first-order valence-corrected chi connectivity index (χ1v) is 4.74. The largest absolute Gasteiger partial charge is 0.402 e. The maximum absolute atomic E-state index is 12.3. The number of alkyl halides is 6. The summed E-state index contributed by atoms with van der Waals surface area (Å²) in [6, 6.07) is -1.91. The van der Waals surface area contributed by atoms with Crippen LogP contribution in [0.5, 0.6) is 0 Å². The van der Waals surface area contributed by atoms with Gasteiger partial charge in [-0.3, -0.25) is 11.3 Å². The molecule has 0 heterocycles. The van der Waals surface area contributed by atoms with Gasteiger partial charge in [-0.1, -0.05) is 5.57 Å². The van der Waals surface area contributed by atoms with Gasteiger partial charge in [0.1, 0.15) is 0 Å². The average molecular weight is 264 g/mol. The normalized spacial score (nSPS) is 15.1. The van der Waals surface area contributed by atoms with Crippen LogP contribution in [-0.4, -0.2) is 18.4 Å². The van der Waals surface area contributed by atoms with Gasteiger partial charge in [0.05, 0.1) is 0 Å². The molecule has 0 aromatic rings. The lowest BCUT2D eigenvalue weighted by atomic mass is 9.93. The summed E-state index contributed by atoms with van der Waals surface area (Å²) in [7, 11) is 0. The molecule has 0 aromatic carbocycles. The molecule has 0 saturated carbocycles. The zero-order valence-corrected chi connectivity index (χ0v) is 9.12. The third kappa shape index (κ3) is 5.40. The molecule has 1 unspecified atom stereocenters. The van der Waals surface area contributed by atoms with E-state index in [9.17, 15) is 26.3 Å². The quantitative estimate of drug-likeness (QED) is 0.347. The second kappa shape index (κ2) is 5.72. The molecule has 0 radical (unpaired) electrons. The predicted molar refractivity (Wildman–Crippen MR) is 50.8 cm³/mol. The highest BCUT2D eigenvalue weighted by Gasteiger charge is 2.59. The molecule has 0 fully saturated rings. The molecule has 0 rings (SSSR count). The molecular weight excluding hydrogens is 250 g/mol. The van der Waals surface area contributed by atoms with Gasteiger partial charge < -0.3 is 0 Å². The number of allylic oxidation sites excluding steroid dienone is 1. The Morgan fingerprint density at radius 1 is 1.18 bits per heavy atom. The Hall–Kier alpha value is -0.760. The first kappa shape index (κ1) is 16.2. The lowest BCUT2D eigenvalue weighted by Crippen LogP contribution is -2.53. The summed E-state index contributed by atoms with van der Waals surface area (Å²) in [4.78, 5) is 0. The van der Waals surface area contributed by atoms with Gasteiger partial charge in [-0.15, -0.1) is 6.58 Å². The maximum Gasteiger partial charge on any atom is 0.402 e. The zero-order valence-electron chi connectivity index (χ0n) is 9.12. The van der Waals surface area contributed by atoms with Crippen molar-refractivity contribution in [2.45, 2.75) is 38.2 Å². The Labute approximate surface area is 94.8 Å². The number of nitrogens with one attached hydrogen (secondary N) is 1. The van der Waals surface area contributed by atoms with E-state index in [0.717, 1.165) is 0 Å². The standard InChI is InChI=1S/C9H14F6N2/c1-5(2)3-4-6(17-16)7(8(10,11)12)9(13,14)15/h6-7,17H,1,3-4,16H2,2H3. The molecule has 0 saturated heterocycles. The fourth-order valence-electron chi connectivity index (χ4n) is 1.39. The van der Waals surface area contributed by atoms with E-state index in [2.05, 4.69) is 6.58 Å². The van der Waals surface area contributed by atoms with Gasteiger partial charge in [0, 0.05) is 6.04 Å². The van der Waals surface area contributed by atoms with E-state index < -0.39 is 24.3 Å². The van der Waals surface area contributed by atoms with Crippen molar-refractivity contribution in [1.82, 2.24) is 5.43 Å². The van der Waals surface area contributed by atoms with Crippen LogP contribution in [0.1, 0.15) is 19.8 Å². The molecule has 0 aromatic heterocycles. The van der Waals surface area contributed by atoms with Crippen molar-refractivity contribution in [3.63, 3.8) is 0 Å². The van der Waals surface area contributed by atoms with Crippen LogP contribution in [0.3, 0.4) is 0 Å². The topological polar surface area (TPSA) is 38.0 Å². The molecule has 8 heteroatoms. The number of rotatable bonds is 5. The molecule has 0 aliphatic heterocycles. The van der Waals surface area contributed by atoms with E-state index in [0.29, 0.717) is 5.57 Å². The lowest BCUT2D eigenvalue weighted by Gasteiger charge is -2.30. The van der Waals surface area contributed by atoms with Crippen molar-refractivity contribution < 1.29 is 26.3 Å². The van der Waals surface area contributed by atoms with Crippen molar-refractivity contribution in [3.8, 4) is 0 Å². The van der Waals surface area contributed by atoms with Crippen LogP contribution in [0.4, 0.5) is 26.3 Å². The number of hydrogen-bond acceptors (Lipinski definition) is 2. The second-order valence-electron chi connectivity index (χ2n) is 3.83. The fourth-order valence-corrected chi connectivity index (χ4v) is 1.39. The third-order valence-electron chi connectivity index (χ3n) is 2.20. The van der Waals surface area contributed by atoms with Crippen LogP contribution in [-0.2, 0) is 0 Å². The number of nitrogens with two attached hydrogens (primary N) is 1. The maximum atomic E-state index is 12.3. The molecule has 0 bridgehead atoms. The molecular formula is C9H14F6N2. The SMILES string of the molecule is C=C(C)CCC(NN)C(C(F)(F)F)C(F)(F)F. The Bertz CT molecular complexity index is 243. The Morgan fingerprint density at radius 3 is 1.82 bits per heavy atom. The van der Waals surface area contributed by atoms with Gasteiger partial charge in [0.25, 0.3) is 0 Å². The van der Waals surface area contributed by atoms with Gasteiger partial charge in [0.15, 0.2) is 5.92 Å². The summed E-state index contributed by atoms with van der Waals surface area (Å²) in [5.41, 5.74) is 2.08. The van der Waals surface area contributed by atoms with Gasteiger partial charge in [-0.25, -0.2) is 0 Å². The van der Waals surface area contributed by atoms with E-state index in [1.807, 2.05) is 0 Å². The summed E-state index contributed by atoms with van der Waals surface area (Å²) in [6.07, 6.45) is -11.1. The van der Waals surface area contributed by atoms with E-state index in [4.69, 9.17) is 5.84 Å². The number of hydrazine groups is 1. The van der Waals surface area contributed by atoms with Crippen molar-refractivity contribution in [1.29, 1.82) is 0 Å². The summed E-state index contributed by atoms with van der Waals surface area (Å²) < 4.78 is 74.0. The summed E-state index contributed by atoms with van der Waals surface area (Å²) in [5, 5.41) is 0. The smallest absolute Gasteiger partial charge is 0.271 e. The Kier molecular flexibility index (Phi) is 5.47.